The molecule has 0 unspecified atom stereocenters. The van der Waals surface area contributed by atoms with E-state index in [2.05, 4.69) is 9.69 Å². The minimum atomic E-state index is -1.58. The third-order valence-corrected chi connectivity index (χ3v) is 3.48. The van der Waals surface area contributed by atoms with E-state index in [4.69, 9.17) is 4.74 Å². The van der Waals surface area contributed by atoms with Gasteiger partial charge in [-0.1, -0.05) is 0 Å². The lowest BCUT2D eigenvalue weighted by atomic mass is 10.2. The number of ether oxygens (including phenoxy) is 1. The van der Waals surface area contributed by atoms with Gasteiger partial charge in [0.2, 0.25) is 0 Å². The van der Waals surface area contributed by atoms with Crippen LogP contribution in [-0.4, -0.2) is 16.9 Å². The minimum Gasteiger partial charge on any atom is -0.462 e. The largest absolute Gasteiger partial charge is 0.462 e. The van der Waals surface area contributed by atoms with Gasteiger partial charge in [-0.15, -0.1) is 0 Å². The standard InChI is InChI=1S/C13H11F3N2O2S/c1-3-20-13(19)9-6(2)18-21-12(9)17-8-5-4-7(14)10(15)11(8)16/h4-5,17H,3H2,1-2H3. The molecule has 1 N–H and O–H groups in total. The zero-order valence-corrected chi connectivity index (χ0v) is 12.0. The Morgan fingerprint density at radius 3 is 2.71 bits per heavy atom. The second-order valence-electron chi connectivity index (χ2n) is 4.04. The van der Waals surface area contributed by atoms with Gasteiger partial charge in [-0.2, -0.15) is 4.37 Å². The van der Waals surface area contributed by atoms with Crippen molar-refractivity contribution in [1.29, 1.82) is 0 Å². The van der Waals surface area contributed by atoms with Crippen LogP contribution >= 0.6 is 11.5 Å². The minimum absolute atomic E-state index is 0.144. The zero-order valence-electron chi connectivity index (χ0n) is 11.2. The van der Waals surface area contributed by atoms with Gasteiger partial charge in [0.05, 0.1) is 18.0 Å². The van der Waals surface area contributed by atoms with Crippen molar-refractivity contribution in [1.82, 2.24) is 4.37 Å². The molecule has 0 amide bonds. The number of anilines is 2. The normalized spacial score (nSPS) is 10.5. The highest BCUT2D eigenvalue weighted by Crippen LogP contribution is 2.30. The Balaban J connectivity index is 2.37. The molecule has 21 heavy (non-hydrogen) atoms. The van der Waals surface area contributed by atoms with Crippen LogP contribution in [0.5, 0.6) is 0 Å². The first kappa shape index (κ1) is 15.3. The first-order chi connectivity index (χ1) is 9.95. The zero-order chi connectivity index (χ0) is 15.6. The summed E-state index contributed by atoms with van der Waals surface area (Å²) in [5, 5.41) is 2.75. The highest BCUT2D eigenvalue weighted by Gasteiger charge is 2.21. The van der Waals surface area contributed by atoms with Crippen molar-refractivity contribution in [2.75, 3.05) is 11.9 Å². The molecule has 1 heterocycles. The number of hydrogen-bond donors (Lipinski definition) is 1. The van der Waals surface area contributed by atoms with E-state index in [1.54, 1.807) is 13.8 Å². The summed E-state index contributed by atoms with van der Waals surface area (Å²) in [6.45, 7) is 3.41. The molecule has 0 saturated heterocycles. The van der Waals surface area contributed by atoms with E-state index >= 15 is 0 Å². The van der Waals surface area contributed by atoms with Crippen LogP contribution in [0.15, 0.2) is 12.1 Å². The summed E-state index contributed by atoms with van der Waals surface area (Å²) in [5.74, 6) is -4.85. The Kier molecular flexibility index (Phi) is 4.46. The van der Waals surface area contributed by atoms with E-state index in [9.17, 15) is 18.0 Å². The van der Waals surface area contributed by atoms with Crippen molar-refractivity contribution in [3.63, 3.8) is 0 Å². The number of esters is 1. The van der Waals surface area contributed by atoms with Crippen LogP contribution in [-0.2, 0) is 4.74 Å². The van der Waals surface area contributed by atoms with Crippen molar-refractivity contribution in [3.05, 3.63) is 40.8 Å². The van der Waals surface area contributed by atoms with Crippen LogP contribution in [0.3, 0.4) is 0 Å². The molecule has 0 atom stereocenters. The van der Waals surface area contributed by atoms with Gasteiger partial charge >= 0.3 is 5.97 Å². The van der Waals surface area contributed by atoms with E-state index in [0.29, 0.717) is 5.69 Å². The van der Waals surface area contributed by atoms with Crippen LogP contribution < -0.4 is 5.32 Å². The monoisotopic (exact) mass is 316 g/mol. The number of nitrogens with one attached hydrogen (secondary N) is 1. The number of benzene rings is 1. The van der Waals surface area contributed by atoms with Gasteiger partial charge < -0.3 is 10.1 Å². The molecule has 0 radical (unpaired) electrons. The third-order valence-electron chi connectivity index (χ3n) is 2.63. The second kappa shape index (κ2) is 6.13. The van der Waals surface area contributed by atoms with Gasteiger partial charge in [0.15, 0.2) is 17.5 Å². The van der Waals surface area contributed by atoms with Gasteiger partial charge in [-0.05, 0) is 37.5 Å². The Hall–Kier alpha value is -2.09. The Labute approximate surface area is 122 Å². The molecule has 112 valence electrons. The molecule has 0 saturated carbocycles. The summed E-state index contributed by atoms with van der Waals surface area (Å²) >= 11 is 0.899. The SMILES string of the molecule is CCOC(=O)c1c(C)nsc1Nc1ccc(F)c(F)c1F. The van der Waals surface area contributed by atoms with Gasteiger partial charge in [-0.3, -0.25) is 0 Å². The molecule has 0 aliphatic carbocycles. The summed E-state index contributed by atoms with van der Waals surface area (Å²) in [7, 11) is 0. The molecular weight excluding hydrogens is 305 g/mol. The average molecular weight is 316 g/mol. The Morgan fingerprint density at radius 2 is 2.05 bits per heavy atom. The maximum atomic E-state index is 13.6. The molecule has 4 nitrogen and oxygen atoms in total. The van der Waals surface area contributed by atoms with E-state index in [0.717, 1.165) is 23.7 Å². The maximum absolute atomic E-state index is 13.6. The maximum Gasteiger partial charge on any atom is 0.343 e. The molecule has 2 aromatic rings. The van der Waals surface area contributed by atoms with Crippen LogP contribution in [0.2, 0.25) is 0 Å². The second-order valence-corrected chi connectivity index (χ2v) is 4.81. The van der Waals surface area contributed by atoms with Gasteiger partial charge in [0.25, 0.3) is 0 Å². The summed E-state index contributed by atoms with van der Waals surface area (Å²) < 4.78 is 48.5. The molecule has 0 fully saturated rings. The third kappa shape index (κ3) is 2.99. The highest BCUT2D eigenvalue weighted by molar-refractivity contribution is 7.10. The van der Waals surface area contributed by atoms with Crippen molar-refractivity contribution >= 4 is 28.2 Å². The molecular formula is C13H11F3N2O2S. The van der Waals surface area contributed by atoms with E-state index in [1.165, 1.54) is 0 Å². The highest BCUT2D eigenvalue weighted by atomic mass is 32.1. The summed E-state index contributed by atoms with van der Waals surface area (Å²) in [5.41, 5.74) is 0.262. The average Bonchev–Trinajstić information content (AvgIpc) is 2.81. The van der Waals surface area contributed by atoms with Crippen molar-refractivity contribution in [2.24, 2.45) is 0 Å². The number of carbonyl (C=O) groups is 1. The number of carbonyl (C=O) groups excluding carboxylic acids is 1. The van der Waals surface area contributed by atoms with Crippen molar-refractivity contribution < 1.29 is 22.7 Å². The van der Waals surface area contributed by atoms with Crippen molar-refractivity contribution in [2.45, 2.75) is 13.8 Å². The first-order valence-electron chi connectivity index (χ1n) is 5.99. The number of aryl methyl sites for hydroxylation is 1. The summed E-state index contributed by atoms with van der Waals surface area (Å²) in [6, 6.07) is 1.83. The molecule has 0 spiro atoms. The Morgan fingerprint density at radius 1 is 1.33 bits per heavy atom. The number of rotatable bonds is 4. The van der Waals surface area contributed by atoms with E-state index < -0.39 is 23.4 Å². The number of aromatic nitrogens is 1. The lowest BCUT2D eigenvalue weighted by Gasteiger charge is -2.08. The first-order valence-corrected chi connectivity index (χ1v) is 6.77. The topological polar surface area (TPSA) is 51.2 Å². The molecule has 0 aliphatic heterocycles. The predicted molar refractivity (Wildman–Crippen MR) is 72.4 cm³/mol. The van der Waals surface area contributed by atoms with Gasteiger partial charge in [-0.25, -0.2) is 18.0 Å². The summed E-state index contributed by atoms with van der Waals surface area (Å²) in [6.07, 6.45) is 0. The number of hydrogen-bond acceptors (Lipinski definition) is 5. The lowest BCUT2D eigenvalue weighted by Crippen LogP contribution is -2.08. The van der Waals surface area contributed by atoms with Crippen LogP contribution in [0.1, 0.15) is 23.0 Å². The van der Waals surface area contributed by atoms with Crippen molar-refractivity contribution in [3.8, 4) is 0 Å². The van der Waals surface area contributed by atoms with E-state index in [1.807, 2.05) is 0 Å². The molecule has 8 heteroatoms. The quantitative estimate of drug-likeness (QED) is 0.689. The van der Waals surface area contributed by atoms with Crippen LogP contribution in [0.25, 0.3) is 0 Å². The van der Waals surface area contributed by atoms with Gasteiger partial charge in [0.1, 0.15) is 10.6 Å². The van der Waals surface area contributed by atoms with Crippen LogP contribution in [0.4, 0.5) is 23.9 Å². The molecule has 0 bridgehead atoms. The lowest BCUT2D eigenvalue weighted by molar-refractivity contribution is 0.0527. The fourth-order valence-corrected chi connectivity index (χ4v) is 2.44. The van der Waals surface area contributed by atoms with E-state index in [-0.39, 0.29) is 22.9 Å². The Bertz CT molecular complexity index is 688. The smallest absolute Gasteiger partial charge is 0.343 e. The van der Waals surface area contributed by atoms with Gasteiger partial charge in [0, 0.05) is 0 Å². The summed E-state index contributed by atoms with van der Waals surface area (Å²) in [4.78, 5) is 11.8. The molecule has 1 aromatic carbocycles. The fraction of sp³-hybridized carbons (Fsp3) is 0.231. The fourth-order valence-electron chi connectivity index (χ4n) is 1.64. The molecule has 0 aliphatic rings. The molecule has 2 rings (SSSR count). The van der Waals surface area contributed by atoms with Crippen LogP contribution in [0, 0.1) is 24.4 Å². The predicted octanol–water partition coefficient (Wildman–Crippen LogP) is 3.79. The number of nitrogens with zero attached hydrogens (tertiary/aromatic N) is 1. The molecule has 1 aromatic heterocycles. The number of halogens is 3.